The van der Waals surface area contributed by atoms with Crippen LogP contribution in [0, 0.1) is 0 Å². The zero-order valence-corrected chi connectivity index (χ0v) is 18.6. The summed E-state index contributed by atoms with van der Waals surface area (Å²) in [5.41, 5.74) is -0.0739. The van der Waals surface area contributed by atoms with E-state index in [1.807, 2.05) is 0 Å². The quantitative estimate of drug-likeness (QED) is 0.240. The number of carbonyl (C=O) groups excluding carboxylic acids is 2. The second-order valence-electron chi connectivity index (χ2n) is 7.41. The van der Waals surface area contributed by atoms with Gasteiger partial charge in [0.1, 0.15) is 5.25 Å². The van der Waals surface area contributed by atoms with Crippen molar-refractivity contribution in [3.63, 3.8) is 0 Å². The Hall–Kier alpha value is -1.45. The third-order valence-corrected chi connectivity index (χ3v) is 6.91. The van der Waals surface area contributed by atoms with Crippen molar-refractivity contribution in [1.29, 1.82) is 0 Å². The minimum absolute atomic E-state index is 0.0287. The van der Waals surface area contributed by atoms with E-state index in [-0.39, 0.29) is 12.1 Å². The summed E-state index contributed by atoms with van der Waals surface area (Å²) in [7, 11) is -4.12. The molecule has 1 N–H and O–H groups in total. The Morgan fingerprint density at radius 2 is 1.66 bits per heavy atom. The molecular weight excluding hydrogens is 398 g/mol. The predicted octanol–water partition coefficient (Wildman–Crippen LogP) is 3.21. The Bertz CT molecular complexity index is 660. The molecule has 0 saturated heterocycles. The van der Waals surface area contributed by atoms with Crippen LogP contribution >= 0.6 is 0 Å². The summed E-state index contributed by atoms with van der Waals surface area (Å²) in [4.78, 5) is 27.5. The average Bonchev–Trinajstić information content (AvgIpc) is 2.99. The van der Waals surface area contributed by atoms with E-state index in [1.54, 1.807) is 0 Å². The van der Waals surface area contributed by atoms with Crippen molar-refractivity contribution in [2.75, 3.05) is 6.54 Å². The van der Waals surface area contributed by atoms with E-state index in [1.165, 1.54) is 45.4 Å². The van der Waals surface area contributed by atoms with Gasteiger partial charge in [-0.05, 0) is 17.8 Å². The van der Waals surface area contributed by atoms with Crippen LogP contribution < -0.4 is 0 Å². The molecule has 0 bridgehead atoms. The van der Waals surface area contributed by atoms with E-state index < -0.39 is 33.5 Å². The van der Waals surface area contributed by atoms with Crippen LogP contribution in [0.5, 0.6) is 0 Å². The lowest BCUT2D eigenvalue weighted by atomic mass is 10.1. The summed E-state index contributed by atoms with van der Waals surface area (Å²) in [6.07, 6.45) is 10.3. The molecule has 0 radical (unpaired) electrons. The first-order valence-electron chi connectivity index (χ1n) is 10.5. The number of nitrogens with zero attached hydrogens (tertiary/aromatic N) is 1. The minimum Gasteiger partial charge on any atom is -0.429 e. The summed E-state index contributed by atoms with van der Waals surface area (Å²) in [5, 5.41) is 8.46. The van der Waals surface area contributed by atoms with Crippen LogP contribution in [0.15, 0.2) is 11.6 Å². The van der Waals surface area contributed by atoms with Gasteiger partial charge in [-0.25, -0.2) is 13.2 Å². The van der Waals surface area contributed by atoms with Crippen LogP contribution in [0.4, 0.5) is 0 Å². The molecule has 0 aromatic heterocycles. The van der Waals surface area contributed by atoms with Gasteiger partial charge in [-0.1, -0.05) is 64.7 Å². The van der Waals surface area contributed by atoms with Crippen molar-refractivity contribution in [2.24, 2.45) is 0 Å². The summed E-state index contributed by atoms with van der Waals surface area (Å²) in [5.74, 6) is -1.55. The van der Waals surface area contributed by atoms with Gasteiger partial charge in [0.25, 0.3) is 10.0 Å². The lowest BCUT2D eigenvalue weighted by Gasteiger charge is -2.25. The zero-order chi connectivity index (χ0) is 21.9. The number of unbranched alkanes of at least 4 members (excludes halogenated alkanes) is 9. The largest absolute Gasteiger partial charge is 0.429 e. The first-order chi connectivity index (χ1) is 13.7. The highest BCUT2D eigenvalue weighted by molar-refractivity contribution is 7.89. The van der Waals surface area contributed by atoms with Crippen LogP contribution in [0.3, 0.4) is 0 Å². The standard InChI is InChI=1S/C20H35NO7S/c1-4-5-6-7-8-9-10-11-12-13-14-21(28-17(3)22)29(25,26)16(2)18-15-19(23)27-20(18)24/h15-16,20,24H,4-14H2,1-3H3. The number of hydrogen-bond donors (Lipinski definition) is 1. The number of aliphatic hydroxyl groups is 1. The molecule has 0 aromatic carbocycles. The van der Waals surface area contributed by atoms with Gasteiger partial charge in [0.05, 0.1) is 6.54 Å². The molecule has 8 nitrogen and oxygen atoms in total. The first-order valence-corrected chi connectivity index (χ1v) is 12.0. The molecule has 168 valence electrons. The van der Waals surface area contributed by atoms with Crippen LogP contribution in [-0.4, -0.2) is 48.0 Å². The Kier molecular flexibility index (Phi) is 11.4. The van der Waals surface area contributed by atoms with E-state index in [0.29, 0.717) is 10.9 Å². The fourth-order valence-electron chi connectivity index (χ4n) is 3.18. The average molecular weight is 434 g/mol. The molecule has 0 spiro atoms. The summed E-state index contributed by atoms with van der Waals surface area (Å²) in [6.45, 7) is 4.67. The maximum absolute atomic E-state index is 12.8. The molecule has 1 heterocycles. The molecular formula is C20H35NO7S. The van der Waals surface area contributed by atoms with Gasteiger partial charge in [-0.3, -0.25) is 4.79 Å². The molecule has 9 heteroatoms. The smallest absolute Gasteiger partial charge is 0.333 e. The minimum atomic E-state index is -4.12. The van der Waals surface area contributed by atoms with Crippen LogP contribution in [0.25, 0.3) is 0 Å². The molecule has 29 heavy (non-hydrogen) atoms. The van der Waals surface area contributed by atoms with Crippen LogP contribution in [0.2, 0.25) is 0 Å². The summed E-state index contributed by atoms with van der Waals surface area (Å²) < 4.78 is 30.9. The van der Waals surface area contributed by atoms with Crippen molar-refractivity contribution >= 4 is 22.0 Å². The molecule has 0 aromatic rings. The normalized spacial score (nSPS) is 17.9. The molecule has 0 fully saturated rings. The number of aliphatic hydroxyl groups excluding tert-OH is 1. The fourth-order valence-corrected chi connectivity index (χ4v) is 4.66. The van der Waals surface area contributed by atoms with Gasteiger partial charge in [0.2, 0.25) is 6.29 Å². The zero-order valence-electron chi connectivity index (χ0n) is 17.8. The van der Waals surface area contributed by atoms with Gasteiger partial charge in [-0.2, -0.15) is 0 Å². The Labute approximate surface area is 174 Å². The lowest BCUT2D eigenvalue weighted by molar-refractivity contribution is -0.166. The van der Waals surface area contributed by atoms with E-state index in [0.717, 1.165) is 32.3 Å². The van der Waals surface area contributed by atoms with E-state index in [2.05, 4.69) is 11.7 Å². The second-order valence-corrected chi connectivity index (χ2v) is 9.56. The lowest BCUT2D eigenvalue weighted by Crippen LogP contribution is -2.41. The number of ether oxygens (including phenoxy) is 1. The third-order valence-electron chi connectivity index (χ3n) is 4.92. The summed E-state index contributed by atoms with van der Waals surface area (Å²) in [6, 6.07) is 0. The number of sulfonamides is 1. The molecule has 1 aliphatic rings. The Morgan fingerprint density at radius 3 is 2.10 bits per heavy atom. The van der Waals surface area contributed by atoms with Crippen molar-refractivity contribution in [1.82, 2.24) is 4.47 Å². The first kappa shape index (κ1) is 25.6. The number of rotatable bonds is 15. The molecule has 0 amide bonds. The maximum Gasteiger partial charge on any atom is 0.333 e. The third kappa shape index (κ3) is 8.84. The van der Waals surface area contributed by atoms with Crippen LogP contribution in [-0.2, 0) is 29.2 Å². The van der Waals surface area contributed by atoms with Gasteiger partial charge < -0.3 is 14.7 Å². The highest BCUT2D eigenvalue weighted by Gasteiger charge is 2.39. The highest BCUT2D eigenvalue weighted by atomic mass is 32.2. The number of hydrogen-bond acceptors (Lipinski definition) is 7. The Morgan fingerprint density at radius 1 is 1.14 bits per heavy atom. The molecule has 0 saturated carbocycles. The van der Waals surface area contributed by atoms with Gasteiger partial charge >= 0.3 is 11.9 Å². The summed E-state index contributed by atoms with van der Waals surface area (Å²) >= 11 is 0. The van der Waals surface area contributed by atoms with Crippen molar-refractivity contribution in [3.8, 4) is 0 Å². The predicted molar refractivity (Wildman–Crippen MR) is 109 cm³/mol. The SMILES string of the molecule is CCCCCCCCCCCCN(OC(C)=O)S(=O)(=O)C(C)C1=CC(=O)OC1O. The van der Waals surface area contributed by atoms with Gasteiger partial charge in [0.15, 0.2) is 0 Å². The fraction of sp³-hybridized carbons (Fsp3) is 0.800. The number of carbonyl (C=O) groups is 2. The van der Waals surface area contributed by atoms with Crippen molar-refractivity contribution < 1.29 is 32.7 Å². The van der Waals surface area contributed by atoms with Gasteiger partial charge in [-0.15, -0.1) is 0 Å². The number of hydroxylamine groups is 1. The Balaban J connectivity index is 2.49. The molecule has 1 aliphatic heterocycles. The second kappa shape index (κ2) is 13.0. The van der Waals surface area contributed by atoms with E-state index in [4.69, 9.17) is 4.84 Å². The number of cyclic esters (lactones) is 1. The molecule has 2 atom stereocenters. The highest BCUT2D eigenvalue weighted by Crippen LogP contribution is 2.25. The van der Waals surface area contributed by atoms with Crippen molar-refractivity contribution in [3.05, 3.63) is 11.6 Å². The molecule has 0 aliphatic carbocycles. The van der Waals surface area contributed by atoms with E-state index >= 15 is 0 Å². The maximum atomic E-state index is 12.8. The van der Waals surface area contributed by atoms with E-state index in [9.17, 15) is 23.1 Å². The van der Waals surface area contributed by atoms with Crippen molar-refractivity contribution in [2.45, 2.75) is 96.5 Å². The topological polar surface area (TPSA) is 110 Å². The van der Waals surface area contributed by atoms with Crippen LogP contribution in [0.1, 0.15) is 85.0 Å². The monoisotopic (exact) mass is 433 g/mol. The molecule has 1 rings (SSSR count). The van der Waals surface area contributed by atoms with Gasteiger partial charge in [0, 0.05) is 18.6 Å². The number of esters is 1. The molecule has 2 unspecified atom stereocenters.